The van der Waals surface area contributed by atoms with Gasteiger partial charge in [-0.2, -0.15) is 5.10 Å². The quantitative estimate of drug-likeness (QED) is 0.867. The molecule has 6 heteroatoms. The third-order valence-electron chi connectivity index (χ3n) is 3.94. The highest BCUT2D eigenvalue weighted by Crippen LogP contribution is 2.37. The normalized spacial score (nSPS) is 17.6. The monoisotopic (exact) mass is 285 g/mol. The first-order chi connectivity index (χ1) is 9.12. The number of aliphatic hydroxyl groups excluding tert-OH is 1. The van der Waals surface area contributed by atoms with Crippen molar-refractivity contribution in [3.8, 4) is 0 Å². The Bertz CT molecular complexity index is 495. The summed E-state index contributed by atoms with van der Waals surface area (Å²) in [5.74, 6) is 0. The molecule has 1 fully saturated rings. The van der Waals surface area contributed by atoms with Gasteiger partial charge in [-0.25, -0.2) is 4.68 Å². The molecular formula is C13H20ClN3O2. The van der Waals surface area contributed by atoms with Crippen molar-refractivity contribution in [2.45, 2.75) is 39.2 Å². The van der Waals surface area contributed by atoms with Gasteiger partial charge in [0.05, 0.1) is 18.5 Å². The van der Waals surface area contributed by atoms with E-state index in [0.29, 0.717) is 18.8 Å². The molecule has 0 radical (unpaired) electrons. The lowest BCUT2D eigenvalue weighted by molar-refractivity contribution is 0.142. The maximum atomic E-state index is 11.8. The van der Waals surface area contributed by atoms with Gasteiger partial charge in [0.15, 0.2) is 0 Å². The fraction of sp³-hybridized carbons (Fsp3) is 0.692. The second-order valence-corrected chi connectivity index (χ2v) is 5.59. The minimum atomic E-state index is -0.279. The summed E-state index contributed by atoms with van der Waals surface area (Å²) in [6.07, 6.45) is 5.88. The van der Waals surface area contributed by atoms with E-state index >= 15 is 0 Å². The highest BCUT2D eigenvalue weighted by Gasteiger charge is 2.33. The van der Waals surface area contributed by atoms with E-state index in [9.17, 15) is 9.90 Å². The summed E-state index contributed by atoms with van der Waals surface area (Å²) < 4.78 is 1.32. The van der Waals surface area contributed by atoms with E-state index in [2.05, 4.69) is 10.4 Å². The van der Waals surface area contributed by atoms with Crippen LogP contribution in [0, 0.1) is 5.41 Å². The highest BCUT2D eigenvalue weighted by molar-refractivity contribution is 6.32. The van der Waals surface area contributed by atoms with E-state index in [1.54, 1.807) is 6.20 Å². The van der Waals surface area contributed by atoms with Gasteiger partial charge in [-0.05, 0) is 19.8 Å². The number of nitrogens with one attached hydrogen (secondary N) is 1. The van der Waals surface area contributed by atoms with Crippen molar-refractivity contribution in [3.05, 3.63) is 21.6 Å². The van der Waals surface area contributed by atoms with Crippen LogP contribution in [-0.4, -0.2) is 28.0 Å². The highest BCUT2D eigenvalue weighted by atomic mass is 35.5. The SMILES string of the molecule is CCn1ncc(NCC2(CO)CCCC2)c(Cl)c1=O. The number of aromatic nitrogens is 2. The summed E-state index contributed by atoms with van der Waals surface area (Å²) in [6.45, 7) is 3.13. The molecule has 0 atom stereocenters. The number of anilines is 1. The Morgan fingerprint density at radius 1 is 1.53 bits per heavy atom. The maximum Gasteiger partial charge on any atom is 0.287 e. The Morgan fingerprint density at radius 2 is 2.21 bits per heavy atom. The van der Waals surface area contributed by atoms with E-state index < -0.39 is 0 Å². The Kier molecular flexibility index (Phi) is 4.47. The molecule has 0 aliphatic heterocycles. The van der Waals surface area contributed by atoms with E-state index in [1.165, 1.54) is 4.68 Å². The van der Waals surface area contributed by atoms with Gasteiger partial charge in [0.1, 0.15) is 5.02 Å². The topological polar surface area (TPSA) is 67.2 Å². The molecule has 0 aromatic carbocycles. The molecule has 1 aromatic heterocycles. The predicted octanol–water partition coefficient (Wildman–Crippen LogP) is 1.88. The van der Waals surface area contributed by atoms with Crippen molar-refractivity contribution in [2.24, 2.45) is 5.41 Å². The first-order valence-corrected chi connectivity index (χ1v) is 7.10. The van der Waals surface area contributed by atoms with Gasteiger partial charge in [0, 0.05) is 18.5 Å². The van der Waals surface area contributed by atoms with Crippen LogP contribution in [0.2, 0.25) is 5.02 Å². The zero-order valence-corrected chi connectivity index (χ0v) is 11.9. The molecule has 0 amide bonds. The Balaban J connectivity index is 2.12. The molecule has 0 unspecified atom stereocenters. The van der Waals surface area contributed by atoms with E-state index in [1.807, 2.05) is 6.92 Å². The fourth-order valence-corrected chi connectivity index (χ4v) is 2.83. The Morgan fingerprint density at radius 3 is 2.79 bits per heavy atom. The smallest absolute Gasteiger partial charge is 0.287 e. The molecule has 0 saturated heterocycles. The van der Waals surface area contributed by atoms with E-state index in [-0.39, 0.29) is 22.6 Å². The third-order valence-corrected chi connectivity index (χ3v) is 4.30. The minimum Gasteiger partial charge on any atom is -0.396 e. The van der Waals surface area contributed by atoms with Gasteiger partial charge < -0.3 is 10.4 Å². The molecule has 1 aromatic rings. The predicted molar refractivity (Wildman–Crippen MR) is 75.7 cm³/mol. The van der Waals surface area contributed by atoms with Crippen LogP contribution in [0.1, 0.15) is 32.6 Å². The number of halogens is 1. The largest absolute Gasteiger partial charge is 0.396 e. The van der Waals surface area contributed by atoms with Gasteiger partial charge in [-0.1, -0.05) is 24.4 Å². The van der Waals surface area contributed by atoms with Crippen molar-refractivity contribution in [1.82, 2.24) is 9.78 Å². The van der Waals surface area contributed by atoms with Crippen LogP contribution >= 0.6 is 11.6 Å². The number of rotatable bonds is 5. The summed E-state index contributed by atoms with van der Waals surface area (Å²) in [4.78, 5) is 11.8. The van der Waals surface area contributed by atoms with Crippen LogP contribution in [0.25, 0.3) is 0 Å². The molecule has 2 rings (SSSR count). The van der Waals surface area contributed by atoms with Crippen molar-refractivity contribution in [3.63, 3.8) is 0 Å². The number of hydrogen-bond acceptors (Lipinski definition) is 4. The van der Waals surface area contributed by atoms with Crippen molar-refractivity contribution in [1.29, 1.82) is 0 Å². The van der Waals surface area contributed by atoms with Crippen LogP contribution < -0.4 is 10.9 Å². The molecule has 19 heavy (non-hydrogen) atoms. The lowest BCUT2D eigenvalue weighted by Crippen LogP contribution is -2.31. The lowest BCUT2D eigenvalue weighted by Gasteiger charge is -2.27. The second-order valence-electron chi connectivity index (χ2n) is 5.21. The molecule has 1 aliphatic rings. The Labute approximate surface area is 117 Å². The van der Waals surface area contributed by atoms with Gasteiger partial charge >= 0.3 is 0 Å². The zero-order chi connectivity index (χ0) is 13.9. The summed E-state index contributed by atoms with van der Waals surface area (Å²) >= 11 is 6.05. The van der Waals surface area contributed by atoms with Crippen LogP contribution in [0.5, 0.6) is 0 Å². The summed E-state index contributed by atoms with van der Waals surface area (Å²) in [5, 5.41) is 16.9. The van der Waals surface area contributed by atoms with E-state index in [0.717, 1.165) is 25.7 Å². The maximum absolute atomic E-state index is 11.8. The number of hydrogen-bond donors (Lipinski definition) is 2. The van der Waals surface area contributed by atoms with Crippen molar-refractivity contribution in [2.75, 3.05) is 18.5 Å². The first-order valence-electron chi connectivity index (χ1n) is 6.72. The molecule has 0 spiro atoms. The number of nitrogens with zero attached hydrogens (tertiary/aromatic N) is 2. The van der Waals surface area contributed by atoms with Crippen LogP contribution in [0.4, 0.5) is 5.69 Å². The summed E-state index contributed by atoms with van der Waals surface area (Å²) in [5.41, 5.74) is 0.192. The molecule has 2 N–H and O–H groups in total. The molecule has 1 heterocycles. The average Bonchev–Trinajstić information content (AvgIpc) is 2.90. The molecule has 5 nitrogen and oxygen atoms in total. The minimum absolute atomic E-state index is 0.0804. The zero-order valence-electron chi connectivity index (χ0n) is 11.2. The van der Waals surface area contributed by atoms with Gasteiger partial charge in [0.2, 0.25) is 0 Å². The molecular weight excluding hydrogens is 266 g/mol. The van der Waals surface area contributed by atoms with Crippen LogP contribution in [-0.2, 0) is 6.54 Å². The van der Waals surface area contributed by atoms with Gasteiger partial charge in [-0.15, -0.1) is 0 Å². The first kappa shape index (κ1) is 14.3. The lowest BCUT2D eigenvalue weighted by atomic mass is 9.87. The summed E-state index contributed by atoms with van der Waals surface area (Å²) in [6, 6.07) is 0. The number of aliphatic hydroxyl groups is 1. The van der Waals surface area contributed by atoms with Crippen molar-refractivity contribution >= 4 is 17.3 Å². The van der Waals surface area contributed by atoms with Crippen LogP contribution in [0.3, 0.4) is 0 Å². The van der Waals surface area contributed by atoms with E-state index in [4.69, 9.17) is 11.6 Å². The molecule has 1 aliphatic carbocycles. The molecule has 0 bridgehead atoms. The molecule has 106 valence electrons. The molecule has 1 saturated carbocycles. The fourth-order valence-electron chi connectivity index (χ4n) is 2.61. The average molecular weight is 286 g/mol. The van der Waals surface area contributed by atoms with Gasteiger partial charge in [0.25, 0.3) is 5.56 Å². The van der Waals surface area contributed by atoms with Gasteiger partial charge in [-0.3, -0.25) is 4.79 Å². The Hall–Kier alpha value is -1.07. The second kappa shape index (κ2) is 5.92. The van der Waals surface area contributed by atoms with Crippen LogP contribution in [0.15, 0.2) is 11.0 Å². The standard InChI is InChI=1S/C13H20ClN3O2/c1-2-17-12(19)11(14)10(7-16-17)15-8-13(9-18)5-3-4-6-13/h7,15,18H,2-6,8-9H2,1H3. The number of aryl methyl sites for hydroxylation is 1. The van der Waals surface area contributed by atoms with Crippen molar-refractivity contribution < 1.29 is 5.11 Å². The third kappa shape index (κ3) is 2.92. The summed E-state index contributed by atoms with van der Waals surface area (Å²) in [7, 11) is 0.